The lowest BCUT2D eigenvalue weighted by atomic mass is 10.2. The molecule has 0 bridgehead atoms. The number of carbonyl (C=O) groups is 1. The molecule has 0 atom stereocenters. The van der Waals surface area contributed by atoms with Gasteiger partial charge in [0.25, 0.3) is 5.91 Å². The van der Waals surface area contributed by atoms with Crippen molar-refractivity contribution in [2.24, 2.45) is 0 Å². The SMILES string of the molecule is CCc1nnc(CNc2ccc(C(=O)N3CCCC3)cc2)o1. The molecule has 0 aliphatic carbocycles. The summed E-state index contributed by atoms with van der Waals surface area (Å²) in [5.74, 6) is 1.32. The number of benzene rings is 1. The van der Waals surface area contributed by atoms with E-state index in [0.717, 1.165) is 43.6 Å². The number of amides is 1. The van der Waals surface area contributed by atoms with Gasteiger partial charge < -0.3 is 14.6 Å². The fourth-order valence-electron chi connectivity index (χ4n) is 2.51. The van der Waals surface area contributed by atoms with Gasteiger partial charge in [-0.05, 0) is 37.1 Å². The molecule has 1 fully saturated rings. The molecule has 2 aromatic rings. The first-order valence-electron chi connectivity index (χ1n) is 7.70. The molecule has 0 spiro atoms. The van der Waals surface area contributed by atoms with Crippen LogP contribution in [-0.4, -0.2) is 34.1 Å². The van der Waals surface area contributed by atoms with E-state index in [9.17, 15) is 4.79 Å². The molecule has 116 valence electrons. The van der Waals surface area contributed by atoms with Crippen LogP contribution >= 0.6 is 0 Å². The second kappa shape index (κ2) is 6.60. The van der Waals surface area contributed by atoms with E-state index in [-0.39, 0.29) is 5.91 Å². The molecule has 1 amide bonds. The predicted octanol–water partition coefficient (Wildman–Crippen LogP) is 2.48. The monoisotopic (exact) mass is 300 g/mol. The van der Waals surface area contributed by atoms with Gasteiger partial charge in [-0.1, -0.05) is 6.92 Å². The number of hydrogen-bond donors (Lipinski definition) is 1. The Morgan fingerprint density at radius 2 is 1.86 bits per heavy atom. The number of nitrogens with one attached hydrogen (secondary N) is 1. The van der Waals surface area contributed by atoms with E-state index in [0.29, 0.717) is 18.3 Å². The van der Waals surface area contributed by atoms with Gasteiger partial charge in [-0.2, -0.15) is 0 Å². The zero-order valence-electron chi connectivity index (χ0n) is 12.7. The third-order valence-corrected chi connectivity index (χ3v) is 3.78. The molecule has 1 N–H and O–H groups in total. The highest BCUT2D eigenvalue weighted by Gasteiger charge is 2.19. The summed E-state index contributed by atoms with van der Waals surface area (Å²) in [6.45, 7) is 4.19. The molecule has 2 heterocycles. The molecule has 0 saturated carbocycles. The minimum absolute atomic E-state index is 0.119. The van der Waals surface area contributed by atoms with Gasteiger partial charge in [0.05, 0.1) is 6.54 Å². The molecule has 22 heavy (non-hydrogen) atoms. The second-order valence-electron chi connectivity index (χ2n) is 5.37. The Balaban J connectivity index is 1.57. The molecular formula is C16H20N4O2. The van der Waals surface area contributed by atoms with Crippen LogP contribution in [0.4, 0.5) is 5.69 Å². The average Bonchev–Trinajstić information content (AvgIpc) is 3.24. The summed E-state index contributed by atoms with van der Waals surface area (Å²) in [6.07, 6.45) is 2.95. The van der Waals surface area contributed by atoms with E-state index in [1.54, 1.807) is 0 Å². The summed E-state index contributed by atoms with van der Waals surface area (Å²) in [7, 11) is 0. The Morgan fingerprint density at radius 3 is 2.50 bits per heavy atom. The van der Waals surface area contributed by atoms with Crippen LogP contribution in [0.3, 0.4) is 0 Å². The fraction of sp³-hybridized carbons (Fsp3) is 0.438. The molecule has 1 saturated heterocycles. The van der Waals surface area contributed by atoms with Crippen molar-refractivity contribution in [1.82, 2.24) is 15.1 Å². The van der Waals surface area contributed by atoms with Crippen molar-refractivity contribution in [3.8, 4) is 0 Å². The van der Waals surface area contributed by atoms with E-state index >= 15 is 0 Å². The minimum Gasteiger partial charge on any atom is -0.423 e. The Labute approximate surface area is 129 Å². The molecule has 0 unspecified atom stereocenters. The molecule has 3 rings (SSSR count). The van der Waals surface area contributed by atoms with Gasteiger partial charge in [-0.25, -0.2) is 0 Å². The van der Waals surface area contributed by atoms with Gasteiger partial charge in [-0.3, -0.25) is 4.79 Å². The van der Waals surface area contributed by atoms with Crippen LogP contribution in [0, 0.1) is 0 Å². The van der Waals surface area contributed by atoms with Crippen molar-refractivity contribution < 1.29 is 9.21 Å². The lowest BCUT2D eigenvalue weighted by Crippen LogP contribution is -2.27. The van der Waals surface area contributed by atoms with E-state index < -0.39 is 0 Å². The molecule has 1 aliphatic heterocycles. The maximum absolute atomic E-state index is 12.2. The Morgan fingerprint density at radius 1 is 1.18 bits per heavy atom. The molecular weight excluding hydrogens is 280 g/mol. The maximum Gasteiger partial charge on any atom is 0.253 e. The normalized spacial score (nSPS) is 14.3. The third-order valence-electron chi connectivity index (χ3n) is 3.78. The average molecular weight is 300 g/mol. The number of nitrogens with zero attached hydrogens (tertiary/aromatic N) is 3. The largest absolute Gasteiger partial charge is 0.423 e. The lowest BCUT2D eigenvalue weighted by molar-refractivity contribution is 0.0793. The third kappa shape index (κ3) is 3.27. The smallest absolute Gasteiger partial charge is 0.253 e. The summed E-state index contributed by atoms with van der Waals surface area (Å²) < 4.78 is 5.44. The van der Waals surface area contributed by atoms with E-state index in [1.807, 2.05) is 36.1 Å². The number of hydrogen-bond acceptors (Lipinski definition) is 5. The van der Waals surface area contributed by atoms with Gasteiger partial charge in [0.1, 0.15) is 0 Å². The quantitative estimate of drug-likeness (QED) is 0.918. The number of likely N-dealkylation sites (tertiary alicyclic amines) is 1. The molecule has 0 radical (unpaired) electrons. The van der Waals surface area contributed by atoms with Gasteiger partial charge in [0.2, 0.25) is 11.8 Å². The van der Waals surface area contributed by atoms with E-state index in [2.05, 4.69) is 15.5 Å². The lowest BCUT2D eigenvalue weighted by Gasteiger charge is -2.15. The van der Waals surface area contributed by atoms with Crippen molar-refractivity contribution in [3.05, 3.63) is 41.6 Å². The Bertz CT molecular complexity index is 630. The summed E-state index contributed by atoms with van der Waals surface area (Å²) in [5.41, 5.74) is 1.66. The first kappa shape index (κ1) is 14.6. The molecule has 6 nitrogen and oxygen atoms in total. The summed E-state index contributed by atoms with van der Waals surface area (Å²) in [5, 5.41) is 11.1. The van der Waals surface area contributed by atoms with Crippen molar-refractivity contribution in [1.29, 1.82) is 0 Å². The topological polar surface area (TPSA) is 71.3 Å². The number of aromatic nitrogens is 2. The molecule has 1 aromatic heterocycles. The molecule has 1 aromatic carbocycles. The zero-order chi connectivity index (χ0) is 15.4. The van der Waals surface area contributed by atoms with E-state index in [1.165, 1.54) is 0 Å². The van der Waals surface area contributed by atoms with Crippen LogP contribution in [0.15, 0.2) is 28.7 Å². The summed E-state index contributed by atoms with van der Waals surface area (Å²) in [4.78, 5) is 14.2. The maximum atomic E-state index is 12.2. The molecule has 6 heteroatoms. The van der Waals surface area contributed by atoms with Crippen LogP contribution in [0.25, 0.3) is 0 Å². The van der Waals surface area contributed by atoms with Crippen LogP contribution in [-0.2, 0) is 13.0 Å². The van der Waals surface area contributed by atoms with Crippen molar-refractivity contribution >= 4 is 11.6 Å². The van der Waals surface area contributed by atoms with Gasteiger partial charge in [0, 0.05) is 30.8 Å². The fourth-order valence-corrected chi connectivity index (χ4v) is 2.51. The second-order valence-corrected chi connectivity index (χ2v) is 5.37. The van der Waals surface area contributed by atoms with Crippen LogP contribution in [0.1, 0.15) is 41.9 Å². The standard InChI is InChI=1S/C16H20N4O2/c1-2-14-18-19-15(22-14)11-17-13-7-5-12(6-8-13)16(21)20-9-3-4-10-20/h5-8,17H,2-4,9-11H2,1H3. The first-order valence-corrected chi connectivity index (χ1v) is 7.70. The number of aryl methyl sites for hydroxylation is 1. The minimum atomic E-state index is 0.119. The number of anilines is 1. The summed E-state index contributed by atoms with van der Waals surface area (Å²) in [6, 6.07) is 7.52. The van der Waals surface area contributed by atoms with Gasteiger partial charge >= 0.3 is 0 Å². The zero-order valence-corrected chi connectivity index (χ0v) is 12.7. The van der Waals surface area contributed by atoms with Crippen molar-refractivity contribution in [2.45, 2.75) is 32.7 Å². The highest BCUT2D eigenvalue weighted by Crippen LogP contribution is 2.16. The van der Waals surface area contributed by atoms with Crippen LogP contribution in [0.5, 0.6) is 0 Å². The van der Waals surface area contributed by atoms with Gasteiger partial charge in [0.15, 0.2) is 0 Å². The van der Waals surface area contributed by atoms with Crippen LogP contribution in [0.2, 0.25) is 0 Å². The van der Waals surface area contributed by atoms with Crippen LogP contribution < -0.4 is 5.32 Å². The summed E-state index contributed by atoms with van der Waals surface area (Å²) >= 11 is 0. The number of rotatable bonds is 5. The van der Waals surface area contributed by atoms with Crippen molar-refractivity contribution in [2.75, 3.05) is 18.4 Å². The number of carbonyl (C=O) groups excluding carboxylic acids is 1. The van der Waals surface area contributed by atoms with E-state index in [4.69, 9.17) is 4.42 Å². The predicted molar refractivity (Wildman–Crippen MR) is 82.6 cm³/mol. The van der Waals surface area contributed by atoms with Gasteiger partial charge in [-0.15, -0.1) is 10.2 Å². The highest BCUT2D eigenvalue weighted by atomic mass is 16.4. The highest BCUT2D eigenvalue weighted by molar-refractivity contribution is 5.94. The first-order chi connectivity index (χ1) is 10.8. The molecule has 1 aliphatic rings. The Kier molecular flexibility index (Phi) is 4.37. The van der Waals surface area contributed by atoms with Crippen molar-refractivity contribution in [3.63, 3.8) is 0 Å². The Hall–Kier alpha value is -2.37.